The van der Waals surface area contributed by atoms with Crippen molar-refractivity contribution in [2.45, 2.75) is 6.92 Å². The summed E-state index contributed by atoms with van der Waals surface area (Å²) in [5.41, 5.74) is 2.17. The number of nitrogens with one attached hydrogen (secondary N) is 2. The van der Waals surface area contributed by atoms with E-state index in [0.717, 1.165) is 22.0 Å². The normalized spacial score (nSPS) is 11.3. The maximum atomic E-state index is 11.4. The van der Waals surface area contributed by atoms with Gasteiger partial charge in [-0.3, -0.25) is 4.79 Å². The number of aromatic nitrogens is 2. The van der Waals surface area contributed by atoms with Crippen LogP contribution in [0.1, 0.15) is 5.69 Å². The van der Waals surface area contributed by atoms with Crippen molar-refractivity contribution in [2.24, 2.45) is 0 Å². The Morgan fingerprint density at radius 2 is 1.94 bits per heavy atom. The van der Waals surface area contributed by atoms with Crippen molar-refractivity contribution in [3.63, 3.8) is 0 Å². The predicted molar refractivity (Wildman–Crippen MR) is 62.8 cm³/mol. The van der Waals surface area contributed by atoms with Crippen molar-refractivity contribution in [3.8, 4) is 5.75 Å². The third kappa shape index (κ3) is 1.07. The molecule has 0 amide bonds. The Morgan fingerprint density at radius 3 is 2.75 bits per heavy atom. The highest BCUT2D eigenvalue weighted by atomic mass is 16.3. The zero-order chi connectivity index (χ0) is 11.3. The second-order valence-corrected chi connectivity index (χ2v) is 3.87. The first-order valence-corrected chi connectivity index (χ1v) is 5.00. The summed E-state index contributed by atoms with van der Waals surface area (Å²) in [5, 5.41) is 11.4. The summed E-state index contributed by atoms with van der Waals surface area (Å²) in [6.45, 7) is 1.83. The van der Waals surface area contributed by atoms with Crippen molar-refractivity contribution in [3.05, 3.63) is 40.3 Å². The summed E-state index contributed by atoms with van der Waals surface area (Å²) in [6.07, 6.45) is 0. The molecule has 0 saturated carbocycles. The molecule has 0 radical (unpaired) electrons. The first-order chi connectivity index (χ1) is 7.66. The number of H-pyrrole nitrogens is 2. The Hall–Kier alpha value is -2.23. The van der Waals surface area contributed by atoms with E-state index in [4.69, 9.17) is 0 Å². The van der Waals surface area contributed by atoms with Crippen LogP contribution in [0.5, 0.6) is 5.75 Å². The zero-order valence-corrected chi connectivity index (χ0v) is 8.66. The monoisotopic (exact) mass is 214 g/mol. The van der Waals surface area contributed by atoms with Crippen molar-refractivity contribution < 1.29 is 5.11 Å². The molecule has 0 aliphatic heterocycles. The van der Waals surface area contributed by atoms with Gasteiger partial charge >= 0.3 is 0 Å². The van der Waals surface area contributed by atoms with Crippen molar-refractivity contribution in [1.82, 2.24) is 9.97 Å². The summed E-state index contributed by atoms with van der Waals surface area (Å²) in [4.78, 5) is 17.2. The van der Waals surface area contributed by atoms with Crippen LogP contribution < -0.4 is 5.56 Å². The average molecular weight is 214 g/mol. The molecule has 0 unspecified atom stereocenters. The molecule has 2 heterocycles. The number of fused-ring (bicyclic) bond motifs is 3. The van der Waals surface area contributed by atoms with Gasteiger partial charge in [0.2, 0.25) is 5.56 Å². The largest absolute Gasteiger partial charge is 0.506 e. The molecule has 0 saturated heterocycles. The Bertz CT molecular complexity index is 753. The standard InChI is InChI=1S/C12H10N2O2/c1-6-11-8(5-10(16)13-6)7-3-2-4-9(15)12(7)14-11/h2-5,14-15H,1H3,(H,13,16). The van der Waals surface area contributed by atoms with Crippen LogP contribution in [0, 0.1) is 6.92 Å². The lowest BCUT2D eigenvalue weighted by molar-refractivity contribution is 0.480. The molecular weight excluding hydrogens is 204 g/mol. The minimum absolute atomic E-state index is 0.130. The van der Waals surface area contributed by atoms with Gasteiger partial charge in [0.25, 0.3) is 0 Å². The molecule has 3 N–H and O–H groups in total. The fourth-order valence-electron chi connectivity index (χ4n) is 2.08. The lowest BCUT2D eigenvalue weighted by Crippen LogP contribution is -2.04. The van der Waals surface area contributed by atoms with Crippen LogP contribution in [0.25, 0.3) is 21.8 Å². The van der Waals surface area contributed by atoms with Crippen molar-refractivity contribution >= 4 is 21.8 Å². The maximum absolute atomic E-state index is 11.4. The smallest absolute Gasteiger partial charge is 0.248 e. The molecule has 0 bridgehead atoms. The minimum atomic E-state index is -0.130. The number of phenols is 1. The molecule has 0 spiro atoms. The van der Waals surface area contributed by atoms with Crippen LogP contribution in [0.2, 0.25) is 0 Å². The molecule has 0 atom stereocenters. The van der Waals surface area contributed by atoms with Crippen LogP contribution in [0.4, 0.5) is 0 Å². The molecule has 3 aromatic rings. The number of hydrogen-bond acceptors (Lipinski definition) is 2. The second kappa shape index (κ2) is 2.88. The Morgan fingerprint density at radius 1 is 1.12 bits per heavy atom. The van der Waals surface area contributed by atoms with Crippen LogP contribution in [0.15, 0.2) is 29.1 Å². The second-order valence-electron chi connectivity index (χ2n) is 3.87. The van der Waals surface area contributed by atoms with Crippen molar-refractivity contribution in [1.29, 1.82) is 0 Å². The molecule has 80 valence electrons. The SMILES string of the molecule is Cc1[nH]c(=O)cc2c1[nH]c1c(O)cccc12. The van der Waals surface area contributed by atoms with Crippen LogP contribution in [-0.4, -0.2) is 15.1 Å². The number of aromatic hydroxyl groups is 1. The summed E-state index contributed by atoms with van der Waals surface area (Å²) in [5.74, 6) is 0.195. The number of phenolic OH excluding ortho intramolecular Hbond substituents is 1. The third-order valence-corrected chi connectivity index (χ3v) is 2.81. The van der Waals surface area contributed by atoms with E-state index in [9.17, 15) is 9.90 Å². The molecule has 16 heavy (non-hydrogen) atoms. The summed E-state index contributed by atoms with van der Waals surface area (Å²) < 4.78 is 0. The highest BCUT2D eigenvalue weighted by molar-refractivity contribution is 6.09. The minimum Gasteiger partial charge on any atom is -0.506 e. The van der Waals surface area contributed by atoms with E-state index in [0.29, 0.717) is 5.52 Å². The Balaban J connectivity index is 2.66. The predicted octanol–water partition coefficient (Wildman–Crippen LogP) is 2.02. The van der Waals surface area contributed by atoms with Gasteiger partial charge in [-0.05, 0) is 13.0 Å². The van der Waals surface area contributed by atoms with E-state index in [1.807, 2.05) is 13.0 Å². The number of hydrogen-bond donors (Lipinski definition) is 3. The number of benzene rings is 1. The van der Waals surface area contributed by atoms with Gasteiger partial charge in [0.05, 0.1) is 11.0 Å². The van der Waals surface area contributed by atoms with E-state index in [2.05, 4.69) is 9.97 Å². The van der Waals surface area contributed by atoms with Gasteiger partial charge in [-0.1, -0.05) is 12.1 Å². The van der Waals surface area contributed by atoms with Crippen molar-refractivity contribution in [2.75, 3.05) is 0 Å². The van der Waals surface area contributed by atoms with Gasteiger partial charge in [0, 0.05) is 22.5 Å². The average Bonchev–Trinajstić information content (AvgIpc) is 2.59. The number of aryl methyl sites for hydroxylation is 1. The summed E-state index contributed by atoms with van der Waals surface area (Å²) >= 11 is 0. The highest BCUT2D eigenvalue weighted by Crippen LogP contribution is 2.30. The first-order valence-electron chi connectivity index (χ1n) is 5.00. The van der Waals surface area contributed by atoms with Crippen LogP contribution >= 0.6 is 0 Å². The van der Waals surface area contributed by atoms with E-state index < -0.39 is 0 Å². The maximum Gasteiger partial charge on any atom is 0.248 e. The highest BCUT2D eigenvalue weighted by Gasteiger charge is 2.09. The first kappa shape index (κ1) is 9.03. The van der Waals surface area contributed by atoms with Crippen LogP contribution in [0.3, 0.4) is 0 Å². The topological polar surface area (TPSA) is 68.9 Å². The van der Waals surface area contributed by atoms with E-state index in [1.165, 1.54) is 0 Å². The Labute approximate surface area is 90.5 Å². The molecule has 4 nitrogen and oxygen atoms in total. The lowest BCUT2D eigenvalue weighted by atomic mass is 10.1. The molecular formula is C12H10N2O2. The summed E-state index contributed by atoms with van der Waals surface area (Å²) in [7, 11) is 0. The number of pyridine rings is 1. The molecule has 2 aromatic heterocycles. The fraction of sp³-hybridized carbons (Fsp3) is 0.0833. The summed E-state index contributed by atoms with van der Waals surface area (Å²) in [6, 6.07) is 6.81. The third-order valence-electron chi connectivity index (χ3n) is 2.81. The molecule has 0 aliphatic carbocycles. The van der Waals surface area contributed by atoms with E-state index >= 15 is 0 Å². The van der Waals surface area contributed by atoms with E-state index in [-0.39, 0.29) is 11.3 Å². The molecule has 3 rings (SSSR count). The Kier molecular flexibility index (Phi) is 1.63. The molecule has 1 aromatic carbocycles. The van der Waals surface area contributed by atoms with Crippen LogP contribution in [-0.2, 0) is 0 Å². The van der Waals surface area contributed by atoms with Gasteiger partial charge < -0.3 is 15.1 Å². The van der Waals surface area contributed by atoms with Gasteiger partial charge in [0.15, 0.2) is 0 Å². The number of aromatic amines is 2. The number of para-hydroxylation sites is 1. The number of rotatable bonds is 0. The van der Waals surface area contributed by atoms with E-state index in [1.54, 1.807) is 18.2 Å². The molecule has 0 fully saturated rings. The molecule has 4 heteroatoms. The molecule has 0 aliphatic rings. The zero-order valence-electron chi connectivity index (χ0n) is 8.66. The van der Waals surface area contributed by atoms with Gasteiger partial charge in [0.1, 0.15) is 5.75 Å². The fourth-order valence-corrected chi connectivity index (χ4v) is 2.08. The van der Waals surface area contributed by atoms with Gasteiger partial charge in [-0.15, -0.1) is 0 Å². The quantitative estimate of drug-likeness (QED) is 0.536. The van der Waals surface area contributed by atoms with Gasteiger partial charge in [-0.2, -0.15) is 0 Å². The lowest BCUT2D eigenvalue weighted by Gasteiger charge is -1.94. The van der Waals surface area contributed by atoms with Gasteiger partial charge in [-0.25, -0.2) is 0 Å².